The third-order valence-electron chi connectivity index (χ3n) is 3.42. The Balaban J connectivity index is 1.94. The highest BCUT2D eigenvalue weighted by Crippen LogP contribution is 2.27. The third-order valence-corrected chi connectivity index (χ3v) is 3.42. The van der Waals surface area contributed by atoms with E-state index in [0.717, 1.165) is 11.1 Å². The van der Waals surface area contributed by atoms with Crippen LogP contribution in [0.1, 0.15) is 16.7 Å². The van der Waals surface area contributed by atoms with Crippen LogP contribution in [-0.4, -0.2) is 20.1 Å². The van der Waals surface area contributed by atoms with Crippen LogP contribution in [0.4, 0.5) is 0 Å². The molecule has 1 amide bonds. The molecule has 0 aromatic heterocycles. The van der Waals surface area contributed by atoms with E-state index < -0.39 is 0 Å². The van der Waals surface area contributed by atoms with Crippen LogP contribution in [-0.2, 0) is 11.3 Å². The fraction of sp³-hybridized carbons (Fsp3) is 0.211. The van der Waals surface area contributed by atoms with Crippen molar-refractivity contribution < 1.29 is 14.3 Å². The van der Waals surface area contributed by atoms with Crippen molar-refractivity contribution in [3.8, 4) is 11.5 Å². The molecule has 0 saturated carbocycles. The van der Waals surface area contributed by atoms with Gasteiger partial charge >= 0.3 is 0 Å². The minimum absolute atomic E-state index is 0.139. The predicted molar refractivity (Wildman–Crippen MR) is 91.6 cm³/mol. The van der Waals surface area contributed by atoms with Gasteiger partial charge in [0.25, 0.3) is 0 Å². The van der Waals surface area contributed by atoms with Crippen molar-refractivity contribution in [1.82, 2.24) is 5.32 Å². The van der Waals surface area contributed by atoms with Crippen LogP contribution in [0.2, 0.25) is 0 Å². The molecule has 4 nitrogen and oxygen atoms in total. The lowest BCUT2D eigenvalue weighted by Crippen LogP contribution is -2.20. The van der Waals surface area contributed by atoms with Crippen LogP contribution in [0.15, 0.2) is 48.5 Å². The van der Waals surface area contributed by atoms with E-state index >= 15 is 0 Å². The second-order valence-corrected chi connectivity index (χ2v) is 5.15. The molecule has 0 atom stereocenters. The number of benzene rings is 2. The largest absolute Gasteiger partial charge is 0.493 e. The predicted octanol–water partition coefficient (Wildman–Crippen LogP) is 3.34. The Morgan fingerprint density at radius 1 is 1.04 bits per heavy atom. The molecular weight excluding hydrogens is 290 g/mol. The zero-order valence-electron chi connectivity index (χ0n) is 13.6. The van der Waals surface area contributed by atoms with Gasteiger partial charge in [0.15, 0.2) is 11.5 Å². The third kappa shape index (κ3) is 4.88. The van der Waals surface area contributed by atoms with Crippen molar-refractivity contribution in [2.75, 3.05) is 14.2 Å². The van der Waals surface area contributed by atoms with Gasteiger partial charge in [0.1, 0.15) is 0 Å². The molecule has 2 rings (SSSR count). The molecule has 0 unspecified atom stereocenters. The number of ether oxygens (including phenoxy) is 2. The van der Waals surface area contributed by atoms with Crippen LogP contribution in [0, 0.1) is 6.92 Å². The molecule has 0 aliphatic heterocycles. The lowest BCUT2D eigenvalue weighted by Gasteiger charge is -2.07. The van der Waals surface area contributed by atoms with Crippen molar-refractivity contribution in [2.45, 2.75) is 13.5 Å². The highest BCUT2D eigenvalue weighted by atomic mass is 16.5. The molecule has 0 radical (unpaired) electrons. The van der Waals surface area contributed by atoms with Crippen molar-refractivity contribution in [2.24, 2.45) is 0 Å². The number of hydrogen-bond acceptors (Lipinski definition) is 3. The summed E-state index contributed by atoms with van der Waals surface area (Å²) in [7, 11) is 3.17. The summed E-state index contributed by atoms with van der Waals surface area (Å²) in [6, 6.07) is 13.6. The van der Waals surface area contributed by atoms with Crippen molar-refractivity contribution in [3.63, 3.8) is 0 Å². The summed E-state index contributed by atoms with van der Waals surface area (Å²) >= 11 is 0. The zero-order valence-corrected chi connectivity index (χ0v) is 13.6. The van der Waals surface area contributed by atoms with Gasteiger partial charge in [-0.2, -0.15) is 0 Å². The Morgan fingerprint density at radius 2 is 1.74 bits per heavy atom. The molecule has 0 spiro atoms. The Hall–Kier alpha value is -2.75. The molecule has 2 aromatic rings. The summed E-state index contributed by atoms with van der Waals surface area (Å²) in [6.07, 6.45) is 3.25. The van der Waals surface area contributed by atoms with Crippen LogP contribution in [0.25, 0.3) is 6.08 Å². The molecule has 0 aliphatic carbocycles. The maximum absolute atomic E-state index is 11.9. The van der Waals surface area contributed by atoms with Gasteiger partial charge in [-0.25, -0.2) is 0 Å². The first kappa shape index (κ1) is 16.6. The molecule has 0 aliphatic rings. The summed E-state index contributed by atoms with van der Waals surface area (Å²) in [4.78, 5) is 11.9. The molecule has 23 heavy (non-hydrogen) atoms. The lowest BCUT2D eigenvalue weighted by atomic mass is 10.1. The fourth-order valence-corrected chi connectivity index (χ4v) is 2.08. The lowest BCUT2D eigenvalue weighted by molar-refractivity contribution is -0.116. The number of hydrogen-bond donors (Lipinski definition) is 1. The normalized spacial score (nSPS) is 10.6. The molecule has 4 heteroatoms. The maximum atomic E-state index is 11.9. The van der Waals surface area contributed by atoms with Gasteiger partial charge in [0.05, 0.1) is 14.2 Å². The molecule has 0 bridgehead atoms. The zero-order chi connectivity index (χ0) is 16.7. The topological polar surface area (TPSA) is 47.6 Å². The first-order chi connectivity index (χ1) is 11.1. The quantitative estimate of drug-likeness (QED) is 0.832. The SMILES string of the molecule is COc1ccc(/C=C/C(=O)NCc2ccc(C)cc2)cc1OC. The Morgan fingerprint density at radius 3 is 2.39 bits per heavy atom. The van der Waals surface area contributed by atoms with E-state index in [1.807, 2.05) is 49.4 Å². The summed E-state index contributed by atoms with van der Waals surface area (Å²) < 4.78 is 10.4. The van der Waals surface area contributed by atoms with Crippen LogP contribution in [0.5, 0.6) is 11.5 Å². The van der Waals surface area contributed by atoms with Gasteiger partial charge in [0.2, 0.25) is 5.91 Å². The van der Waals surface area contributed by atoms with Crippen molar-refractivity contribution in [1.29, 1.82) is 0 Å². The van der Waals surface area contributed by atoms with Gasteiger partial charge in [-0.15, -0.1) is 0 Å². The van der Waals surface area contributed by atoms with Crippen LogP contribution < -0.4 is 14.8 Å². The number of carbonyl (C=O) groups excluding carboxylic acids is 1. The molecule has 120 valence electrons. The van der Waals surface area contributed by atoms with E-state index in [1.54, 1.807) is 20.3 Å². The van der Waals surface area contributed by atoms with Crippen LogP contribution in [0.3, 0.4) is 0 Å². The van der Waals surface area contributed by atoms with Gasteiger partial charge in [-0.05, 0) is 36.3 Å². The maximum Gasteiger partial charge on any atom is 0.244 e. The molecule has 0 heterocycles. The highest BCUT2D eigenvalue weighted by Gasteiger charge is 2.03. The monoisotopic (exact) mass is 311 g/mol. The number of carbonyl (C=O) groups is 1. The van der Waals surface area contributed by atoms with Gasteiger partial charge in [0, 0.05) is 12.6 Å². The minimum atomic E-state index is -0.139. The number of amides is 1. The van der Waals surface area contributed by atoms with Gasteiger partial charge < -0.3 is 14.8 Å². The molecular formula is C19H21NO3. The molecule has 0 fully saturated rings. The highest BCUT2D eigenvalue weighted by molar-refractivity contribution is 5.91. The van der Waals surface area contributed by atoms with E-state index in [4.69, 9.17) is 9.47 Å². The second-order valence-electron chi connectivity index (χ2n) is 5.15. The number of rotatable bonds is 6. The smallest absolute Gasteiger partial charge is 0.244 e. The van der Waals surface area contributed by atoms with Crippen molar-refractivity contribution in [3.05, 3.63) is 65.2 Å². The van der Waals surface area contributed by atoms with E-state index in [1.165, 1.54) is 11.6 Å². The van der Waals surface area contributed by atoms with E-state index in [2.05, 4.69) is 5.32 Å². The molecule has 2 aromatic carbocycles. The van der Waals surface area contributed by atoms with Crippen LogP contribution >= 0.6 is 0 Å². The fourth-order valence-electron chi connectivity index (χ4n) is 2.08. The van der Waals surface area contributed by atoms with E-state index in [-0.39, 0.29) is 5.91 Å². The van der Waals surface area contributed by atoms with Crippen molar-refractivity contribution >= 4 is 12.0 Å². The summed E-state index contributed by atoms with van der Waals surface area (Å²) in [5.74, 6) is 1.16. The number of methoxy groups -OCH3 is 2. The molecule has 0 saturated heterocycles. The average molecular weight is 311 g/mol. The second kappa shape index (κ2) is 8.03. The average Bonchev–Trinajstić information content (AvgIpc) is 2.59. The Kier molecular flexibility index (Phi) is 5.80. The van der Waals surface area contributed by atoms with E-state index in [9.17, 15) is 4.79 Å². The van der Waals surface area contributed by atoms with Gasteiger partial charge in [-0.1, -0.05) is 35.9 Å². The Bertz CT molecular complexity index is 690. The van der Waals surface area contributed by atoms with Gasteiger partial charge in [-0.3, -0.25) is 4.79 Å². The standard InChI is InChI=1S/C19H21NO3/c1-14-4-6-16(7-5-14)13-20-19(21)11-9-15-8-10-17(22-2)18(12-15)23-3/h4-12H,13H2,1-3H3,(H,20,21)/b11-9+. The first-order valence-electron chi connectivity index (χ1n) is 7.36. The number of aryl methyl sites for hydroxylation is 1. The number of nitrogens with one attached hydrogen (secondary N) is 1. The minimum Gasteiger partial charge on any atom is -0.493 e. The summed E-state index contributed by atoms with van der Waals surface area (Å²) in [5, 5.41) is 2.86. The Labute approximate surface area is 136 Å². The first-order valence-corrected chi connectivity index (χ1v) is 7.36. The van der Waals surface area contributed by atoms with E-state index in [0.29, 0.717) is 18.0 Å². The summed E-state index contributed by atoms with van der Waals surface area (Å²) in [6.45, 7) is 2.55. The molecule has 1 N–H and O–H groups in total. The summed E-state index contributed by atoms with van der Waals surface area (Å²) in [5.41, 5.74) is 3.14.